The van der Waals surface area contributed by atoms with Crippen molar-refractivity contribution < 1.29 is 14.4 Å². The van der Waals surface area contributed by atoms with Crippen LogP contribution in [0.25, 0.3) is 0 Å². The summed E-state index contributed by atoms with van der Waals surface area (Å²) in [5, 5.41) is 5.68. The molecule has 2 aromatic rings. The van der Waals surface area contributed by atoms with Crippen molar-refractivity contribution in [3.05, 3.63) is 64.7 Å². The summed E-state index contributed by atoms with van der Waals surface area (Å²) in [6.45, 7) is 4.64. The van der Waals surface area contributed by atoms with Crippen LogP contribution in [-0.2, 0) is 6.42 Å². The lowest BCUT2D eigenvalue weighted by Gasteiger charge is -2.15. The molecule has 0 radical (unpaired) electrons. The van der Waals surface area contributed by atoms with Gasteiger partial charge in [-0.25, -0.2) is 4.79 Å². The first-order chi connectivity index (χ1) is 13.0. The van der Waals surface area contributed by atoms with E-state index in [0.29, 0.717) is 24.1 Å². The Kier molecular flexibility index (Phi) is 5.54. The number of hydrogen-bond acceptors (Lipinski definition) is 3. The second-order valence-electron chi connectivity index (χ2n) is 6.50. The topological polar surface area (TPSA) is 78.5 Å². The fourth-order valence-electron chi connectivity index (χ4n) is 3.24. The number of imide groups is 1. The van der Waals surface area contributed by atoms with Crippen LogP contribution in [0.1, 0.15) is 45.2 Å². The van der Waals surface area contributed by atoms with Crippen LogP contribution in [-0.4, -0.2) is 35.8 Å². The maximum Gasteiger partial charge on any atom is 0.319 e. The number of urea groups is 1. The van der Waals surface area contributed by atoms with Crippen LogP contribution in [0.15, 0.2) is 42.5 Å². The smallest absolute Gasteiger partial charge is 0.319 e. The molecule has 2 aromatic carbocycles. The largest absolute Gasteiger partial charge is 0.338 e. The van der Waals surface area contributed by atoms with Crippen molar-refractivity contribution in [2.45, 2.75) is 26.7 Å². The summed E-state index contributed by atoms with van der Waals surface area (Å²) in [6, 6.07) is 12.4. The van der Waals surface area contributed by atoms with Crippen LogP contribution in [0.5, 0.6) is 0 Å². The molecular weight excluding hydrogens is 342 g/mol. The molecule has 1 aliphatic rings. The Morgan fingerprint density at radius 2 is 1.67 bits per heavy atom. The zero-order valence-electron chi connectivity index (χ0n) is 15.5. The number of carbonyl (C=O) groups is 3. The molecule has 4 amide bonds. The molecule has 0 aromatic heterocycles. The second-order valence-corrected chi connectivity index (χ2v) is 6.50. The standard InChI is InChI=1S/C21H23N3O3/c1-3-15-9-6-8-14(2)18(15)23-21(27)22-12-7-13-24-19(25)16-10-4-5-11-17(16)20(24)26/h4-6,8-11H,3,7,12-13H2,1-2H3,(H2,22,23,27). The van der Waals surface area contributed by atoms with Gasteiger partial charge < -0.3 is 10.6 Å². The highest BCUT2D eigenvalue weighted by molar-refractivity contribution is 6.21. The monoisotopic (exact) mass is 365 g/mol. The molecule has 0 saturated heterocycles. The van der Waals surface area contributed by atoms with Gasteiger partial charge in [-0.15, -0.1) is 0 Å². The first-order valence-corrected chi connectivity index (χ1v) is 9.11. The highest BCUT2D eigenvalue weighted by Crippen LogP contribution is 2.22. The van der Waals surface area contributed by atoms with Crippen LogP contribution in [0, 0.1) is 6.92 Å². The van der Waals surface area contributed by atoms with E-state index in [-0.39, 0.29) is 24.4 Å². The summed E-state index contributed by atoms with van der Waals surface area (Å²) in [6.07, 6.45) is 1.32. The van der Waals surface area contributed by atoms with Crippen LogP contribution in [0.3, 0.4) is 0 Å². The number of carbonyl (C=O) groups excluding carboxylic acids is 3. The Labute approximate surface area is 158 Å². The molecule has 6 heteroatoms. The molecular formula is C21H23N3O3. The first kappa shape index (κ1) is 18.6. The molecule has 1 heterocycles. The van der Waals surface area contributed by atoms with Crippen molar-refractivity contribution in [3.63, 3.8) is 0 Å². The molecule has 0 atom stereocenters. The lowest BCUT2D eigenvalue weighted by Crippen LogP contribution is -2.35. The quantitative estimate of drug-likeness (QED) is 0.609. The number of anilines is 1. The molecule has 27 heavy (non-hydrogen) atoms. The summed E-state index contributed by atoms with van der Waals surface area (Å²) in [5.74, 6) is -0.542. The maximum atomic E-state index is 12.3. The molecule has 0 aliphatic carbocycles. The molecule has 6 nitrogen and oxygen atoms in total. The Hall–Kier alpha value is -3.15. The van der Waals surface area contributed by atoms with Crippen LogP contribution >= 0.6 is 0 Å². The van der Waals surface area contributed by atoms with Crippen molar-refractivity contribution in [1.29, 1.82) is 0 Å². The van der Waals surface area contributed by atoms with E-state index in [1.807, 2.05) is 32.0 Å². The van der Waals surface area contributed by atoms with Gasteiger partial charge in [0.25, 0.3) is 11.8 Å². The number of hydrogen-bond donors (Lipinski definition) is 2. The van der Waals surface area contributed by atoms with Crippen molar-refractivity contribution in [2.75, 3.05) is 18.4 Å². The summed E-state index contributed by atoms with van der Waals surface area (Å²) >= 11 is 0. The van der Waals surface area contributed by atoms with E-state index in [1.54, 1.807) is 24.3 Å². The highest BCUT2D eigenvalue weighted by atomic mass is 16.2. The zero-order valence-corrected chi connectivity index (χ0v) is 15.5. The Balaban J connectivity index is 1.49. The number of benzene rings is 2. The molecule has 140 valence electrons. The van der Waals surface area contributed by atoms with E-state index in [9.17, 15) is 14.4 Å². The minimum Gasteiger partial charge on any atom is -0.338 e. The van der Waals surface area contributed by atoms with Crippen molar-refractivity contribution in [3.8, 4) is 0 Å². The molecule has 0 unspecified atom stereocenters. The third-order valence-corrected chi connectivity index (χ3v) is 4.70. The predicted octanol–water partition coefficient (Wildman–Crippen LogP) is 3.37. The lowest BCUT2D eigenvalue weighted by atomic mass is 10.1. The molecule has 0 fully saturated rings. The maximum absolute atomic E-state index is 12.3. The number of nitrogens with zero attached hydrogens (tertiary/aromatic N) is 1. The first-order valence-electron chi connectivity index (χ1n) is 9.11. The number of aryl methyl sites for hydroxylation is 2. The highest BCUT2D eigenvalue weighted by Gasteiger charge is 2.34. The summed E-state index contributed by atoms with van der Waals surface area (Å²) in [7, 11) is 0. The van der Waals surface area contributed by atoms with Gasteiger partial charge in [0.1, 0.15) is 0 Å². The van der Waals surface area contributed by atoms with Crippen LogP contribution in [0.4, 0.5) is 10.5 Å². The molecule has 0 spiro atoms. The van der Waals surface area contributed by atoms with Gasteiger partial charge in [0.05, 0.1) is 11.1 Å². The van der Waals surface area contributed by atoms with Crippen molar-refractivity contribution in [2.24, 2.45) is 0 Å². The van der Waals surface area contributed by atoms with E-state index in [0.717, 1.165) is 23.2 Å². The van der Waals surface area contributed by atoms with Gasteiger partial charge in [-0.3, -0.25) is 14.5 Å². The molecule has 3 rings (SSSR count). The molecule has 1 aliphatic heterocycles. The van der Waals surface area contributed by atoms with E-state index in [4.69, 9.17) is 0 Å². The van der Waals surface area contributed by atoms with E-state index < -0.39 is 0 Å². The van der Waals surface area contributed by atoms with Gasteiger partial charge >= 0.3 is 6.03 Å². The molecule has 2 N–H and O–H groups in total. The lowest BCUT2D eigenvalue weighted by molar-refractivity contribution is 0.0653. The van der Waals surface area contributed by atoms with Crippen molar-refractivity contribution >= 4 is 23.5 Å². The van der Waals surface area contributed by atoms with E-state index in [2.05, 4.69) is 10.6 Å². The summed E-state index contributed by atoms with van der Waals surface area (Å²) in [5.41, 5.74) is 3.81. The summed E-state index contributed by atoms with van der Waals surface area (Å²) in [4.78, 5) is 38.0. The average Bonchev–Trinajstić information content (AvgIpc) is 2.91. The van der Waals surface area contributed by atoms with Gasteiger partial charge in [0, 0.05) is 18.8 Å². The van der Waals surface area contributed by atoms with E-state index in [1.165, 1.54) is 4.90 Å². The van der Waals surface area contributed by atoms with Crippen LogP contribution < -0.4 is 10.6 Å². The van der Waals surface area contributed by atoms with Gasteiger partial charge in [-0.1, -0.05) is 37.3 Å². The normalized spacial score (nSPS) is 12.9. The van der Waals surface area contributed by atoms with Gasteiger partial charge in [0.15, 0.2) is 0 Å². The SMILES string of the molecule is CCc1cccc(C)c1NC(=O)NCCCN1C(=O)c2ccccc2C1=O. The van der Waals surface area contributed by atoms with E-state index >= 15 is 0 Å². The Morgan fingerprint density at radius 1 is 1.00 bits per heavy atom. The number of fused-ring (bicyclic) bond motifs is 1. The third-order valence-electron chi connectivity index (χ3n) is 4.70. The number of nitrogens with one attached hydrogen (secondary N) is 2. The minimum atomic E-state index is -0.290. The third kappa shape index (κ3) is 3.84. The Morgan fingerprint density at radius 3 is 2.30 bits per heavy atom. The van der Waals surface area contributed by atoms with Gasteiger partial charge in [0.2, 0.25) is 0 Å². The van der Waals surface area contributed by atoms with Crippen LogP contribution in [0.2, 0.25) is 0 Å². The van der Waals surface area contributed by atoms with Crippen molar-refractivity contribution in [1.82, 2.24) is 10.2 Å². The summed E-state index contributed by atoms with van der Waals surface area (Å²) < 4.78 is 0. The molecule has 0 bridgehead atoms. The number of amides is 4. The van der Waals surface area contributed by atoms with Gasteiger partial charge in [-0.05, 0) is 43.0 Å². The zero-order chi connectivity index (χ0) is 19.4. The fraction of sp³-hybridized carbons (Fsp3) is 0.286. The minimum absolute atomic E-state index is 0.271. The second kappa shape index (κ2) is 8.03. The molecule has 0 saturated carbocycles. The van der Waals surface area contributed by atoms with Gasteiger partial charge in [-0.2, -0.15) is 0 Å². The fourth-order valence-corrected chi connectivity index (χ4v) is 3.24. The Bertz CT molecular complexity index is 857. The number of para-hydroxylation sites is 1. The number of rotatable bonds is 6. The predicted molar refractivity (Wildman–Crippen MR) is 104 cm³/mol. The average molecular weight is 365 g/mol.